The second-order valence-electron chi connectivity index (χ2n) is 4.63. The minimum atomic E-state index is 0.317. The lowest BCUT2D eigenvalue weighted by Crippen LogP contribution is -2.08. The van der Waals surface area contributed by atoms with E-state index < -0.39 is 0 Å². The molecule has 1 aromatic heterocycles. The molecular weight excluding hydrogens is 242 g/mol. The molecule has 0 atom stereocenters. The van der Waals surface area contributed by atoms with Crippen LogP contribution in [-0.4, -0.2) is 30.3 Å². The molecule has 0 bridgehead atoms. The zero-order valence-corrected chi connectivity index (χ0v) is 12.2. The van der Waals surface area contributed by atoms with Crippen LogP contribution in [0.1, 0.15) is 26.8 Å². The molecule has 1 aromatic carbocycles. The number of hydrogen-bond donors (Lipinski definition) is 1. The van der Waals surface area contributed by atoms with Crippen LogP contribution in [0.4, 0.5) is 5.95 Å². The largest absolute Gasteiger partial charge is 0.493 e. The Morgan fingerprint density at radius 3 is 2.37 bits per heavy atom. The Morgan fingerprint density at radius 2 is 1.84 bits per heavy atom. The number of aromatic nitrogens is 2. The molecule has 0 aliphatic rings. The molecule has 2 rings (SSSR count). The Labute approximate surface area is 113 Å². The van der Waals surface area contributed by atoms with Crippen molar-refractivity contribution in [3.63, 3.8) is 0 Å². The maximum atomic E-state index is 5.36. The number of ether oxygens (including phenoxy) is 2. The van der Waals surface area contributed by atoms with Crippen molar-refractivity contribution in [2.24, 2.45) is 0 Å². The lowest BCUT2D eigenvalue weighted by atomic mass is 10.2. The number of rotatable bonds is 5. The number of fused-ring (bicyclic) bond motifs is 1. The van der Waals surface area contributed by atoms with E-state index in [1.54, 1.807) is 14.2 Å². The van der Waals surface area contributed by atoms with Gasteiger partial charge in [0, 0.05) is 24.7 Å². The van der Waals surface area contributed by atoms with Gasteiger partial charge in [-0.15, -0.1) is 0 Å². The summed E-state index contributed by atoms with van der Waals surface area (Å²) in [6.07, 6.45) is 0. The summed E-state index contributed by atoms with van der Waals surface area (Å²) in [5.41, 5.74) is 1.95. The molecule has 0 saturated carbocycles. The first-order valence-corrected chi connectivity index (χ1v) is 6.50. The zero-order valence-electron chi connectivity index (χ0n) is 12.2. The number of nitrogens with zero attached hydrogens (tertiary/aromatic N) is 2. The second kappa shape index (κ2) is 5.38. The predicted octanol–water partition coefficient (Wildman–Crippen LogP) is 3.07. The van der Waals surface area contributed by atoms with Crippen LogP contribution in [-0.2, 0) is 0 Å². The maximum Gasteiger partial charge on any atom is 0.204 e. The van der Waals surface area contributed by atoms with Gasteiger partial charge in [-0.1, -0.05) is 0 Å². The minimum Gasteiger partial charge on any atom is -0.493 e. The molecule has 2 aromatic rings. The Balaban J connectivity index is 2.69. The van der Waals surface area contributed by atoms with Gasteiger partial charge in [0.2, 0.25) is 5.95 Å². The lowest BCUT2D eigenvalue weighted by Gasteiger charge is -2.14. The average Bonchev–Trinajstić information content (AvgIpc) is 2.74. The number of anilines is 1. The van der Waals surface area contributed by atoms with E-state index in [2.05, 4.69) is 35.6 Å². The van der Waals surface area contributed by atoms with Gasteiger partial charge in [0.15, 0.2) is 11.5 Å². The summed E-state index contributed by atoms with van der Waals surface area (Å²) in [5, 5.41) is 3.29. The first-order chi connectivity index (χ1) is 9.12. The van der Waals surface area contributed by atoms with Crippen LogP contribution in [0.15, 0.2) is 12.1 Å². The SMILES string of the molecule is CCNc1nc2cc(OC)c(OC)cc2n1C(C)C. The smallest absolute Gasteiger partial charge is 0.204 e. The van der Waals surface area contributed by atoms with Crippen molar-refractivity contribution in [2.45, 2.75) is 26.8 Å². The molecule has 1 heterocycles. The number of benzene rings is 1. The van der Waals surface area contributed by atoms with Crippen LogP contribution in [0.25, 0.3) is 11.0 Å². The summed E-state index contributed by atoms with van der Waals surface area (Å²) in [5.74, 6) is 2.30. The fraction of sp³-hybridized carbons (Fsp3) is 0.500. The van der Waals surface area contributed by atoms with E-state index in [-0.39, 0.29) is 0 Å². The first-order valence-electron chi connectivity index (χ1n) is 6.50. The third-order valence-electron chi connectivity index (χ3n) is 3.05. The summed E-state index contributed by atoms with van der Waals surface area (Å²) in [6, 6.07) is 4.20. The normalized spacial score (nSPS) is 11.1. The number of nitrogens with one attached hydrogen (secondary N) is 1. The van der Waals surface area contributed by atoms with Gasteiger partial charge in [-0.05, 0) is 20.8 Å². The van der Waals surface area contributed by atoms with Crippen LogP contribution in [0.3, 0.4) is 0 Å². The molecule has 0 unspecified atom stereocenters. The lowest BCUT2D eigenvalue weighted by molar-refractivity contribution is 0.355. The highest BCUT2D eigenvalue weighted by molar-refractivity contribution is 5.83. The topological polar surface area (TPSA) is 48.3 Å². The minimum absolute atomic E-state index is 0.317. The van der Waals surface area contributed by atoms with Crippen molar-refractivity contribution in [3.8, 4) is 11.5 Å². The van der Waals surface area contributed by atoms with Crippen molar-refractivity contribution in [2.75, 3.05) is 26.1 Å². The van der Waals surface area contributed by atoms with Crippen LogP contribution in [0.5, 0.6) is 11.5 Å². The highest BCUT2D eigenvalue weighted by atomic mass is 16.5. The van der Waals surface area contributed by atoms with E-state index in [9.17, 15) is 0 Å². The summed E-state index contributed by atoms with van der Waals surface area (Å²) in [7, 11) is 3.28. The second-order valence-corrected chi connectivity index (χ2v) is 4.63. The molecule has 5 heteroatoms. The molecular formula is C14H21N3O2. The Morgan fingerprint density at radius 1 is 1.21 bits per heavy atom. The average molecular weight is 263 g/mol. The molecule has 0 aliphatic heterocycles. The molecule has 0 amide bonds. The van der Waals surface area contributed by atoms with E-state index in [4.69, 9.17) is 9.47 Å². The molecule has 19 heavy (non-hydrogen) atoms. The van der Waals surface area contributed by atoms with Crippen molar-refractivity contribution in [1.29, 1.82) is 0 Å². The fourth-order valence-corrected chi connectivity index (χ4v) is 2.23. The first kappa shape index (κ1) is 13.5. The van der Waals surface area contributed by atoms with Gasteiger partial charge in [0.25, 0.3) is 0 Å². The van der Waals surface area contributed by atoms with Gasteiger partial charge in [-0.2, -0.15) is 0 Å². The molecule has 1 N–H and O–H groups in total. The van der Waals surface area contributed by atoms with Gasteiger partial charge in [0.1, 0.15) is 0 Å². The van der Waals surface area contributed by atoms with Crippen molar-refractivity contribution < 1.29 is 9.47 Å². The van der Waals surface area contributed by atoms with Crippen LogP contribution in [0, 0.1) is 0 Å². The quantitative estimate of drug-likeness (QED) is 0.900. The zero-order chi connectivity index (χ0) is 14.0. The molecule has 104 valence electrons. The Kier molecular flexibility index (Phi) is 3.83. The fourth-order valence-electron chi connectivity index (χ4n) is 2.23. The van der Waals surface area contributed by atoms with Crippen LogP contribution < -0.4 is 14.8 Å². The van der Waals surface area contributed by atoms with Crippen molar-refractivity contribution in [1.82, 2.24) is 9.55 Å². The van der Waals surface area contributed by atoms with Crippen LogP contribution >= 0.6 is 0 Å². The van der Waals surface area contributed by atoms with E-state index in [1.807, 2.05) is 12.1 Å². The monoisotopic (exact) mass is 263 g/mol. The van der Waals surface area contributed by atoms with Crippen molar-refractivity contribution in [3.05, 3.63) is 12.1 Å². The van der Waals surface area contributed by atoms with E-state index in [0.29, 0.717) is 11.8 Å². The summed E-state index contributed by atoms with van der Waals surface area (Å²) in [4.78, 5) is 4.62. The highest BCUT2D eigenvalue weighted by Gasteiger charge is 2.16. The van der Waals surface area contributed by atoms with Gasteiger partial charge < -0.3 is 19.4 Å². The maximum absolute atomic E-state index is 5.36. The molecule has 0 aliphatic carbocycles. The molecule has 0 spiro atoms. The number of hydrogen-bond acceptors (Lipinski definition) is 4. The third kappa shape index (κ3) is 2.32. The van der Waals surface area contributed by atoms with Crippen molar-refractivity contribution >= 4 is 17.0 Å². The highest BCUT2D eigenvalue weighted by Crippen LogP contribution is 2.34. The van der Waals surface area contributed by atoms with Gasteiger partial charge in [-0.25, -0.2) is 4.98 Å². The van der Waals surface area contributed by atoms with E-state index in [1.165, 1.54) is 0 Å². The standard InChI is InChI=1S/C14H21N3O2/c1-6-15-14-16-10-7-12(18-4)13(19-5)8-11(10)17(14)9(2)3/h7-9H,6H2,1-5H3,(H,15,16). The summed E-state index contributed by atoms with van der Waals surface area (Å²) < 4.78 is 12.8. The molecule has 0 fully saturated rings. The van der Waals surface area contributed by atoms with E-state index >= 15 is 0 Å². The Hall–Kier alpha value is -1.91. The summed E-state index contributed by atoms with van der Waals surface area (Å²) >= 11 is 0. The van der Waals surface area contributed by atoms with Gasteiger partial charge >= 0.3 is 0 Å². The number of imidazole rings is 1. The van der Waals surface area contributed by atoms with Crippen LogP contribution in [0.2, 0.25) is 0 Å². The molecule has 0 saturated heterocycles. The third-order valence-corrected chi connectivity index (χ3v) is 3.05. The van der Waals surface area contributed by atoms with Gasteiger partial charge in [-0.3, -0.25) is 0 Å². The molecule has 0 radical (unpaired) electrons. The van der Waals surface area contributed by atoms with E-state index in [0.717, 1.165) is 29.3 Å². The predicted molar refractivity (Wildman–Crippen MR) is 77.4 cm³/mol. The Bertz CT molecular complexity index is 576. The summed E-state index contributed by atoms with van der Waals surface area (Å²) in [6.45, 7) is 7.17. The molecule has 5 nitrogen and oxygen atoms in total. The number of methoxy groups -OCH3 is 2. The van der Waals surface area contributed by atoms with Gasteiger partial charge in [0.05, 0.1) is 25.3 Å².